The Morgan fingerprint density at radius 1 is 0.523 bits per heavy atom. The molecule has 0 aliphatic carbocycles. The molecule has 0 aromatic heterocycles. The Balaban J connectivity index is 0. The number of halogens is 1. The van der Waals surface area contributed by atoms with E-state index in [1.54, 1.807) is 0 Å². The van der Waals surface area contributed by atoms with E-state index in [-0.39, 0.29) is 118 Å². The zero-order valence-corrected chi connectivity index (χ0v) is 37.6. The maximum absolute atomic E-state index is 13.2. The van der Waals surface area contributed by atoms with Gasteiger partial charge in [0.2, 0.25) is 0 Å². The molecule has 26 heteroatoms. The van der Waals surface area contributed by atoms with Gasteiger partial charge in [-0.25, -0.2) is 14.4 Å². The average molecular weight is 1030 g/mol. The fraction of sp³-hybridized carbons (Fsp3) is 0.462. The molecule has 65 heavy (non-hydrogen) atoms. The summed E-state index contributed by atoms with van der Waals surface area (Å²) in [5, 5.41) is 0. The normalized spacial score (nSPS) is 14.0. The van der Waals surface area contributed by atoms with Gasteiger partial charge in [-0.05, 0) is 100.0 Å². The second-order valence-electron chi connectivity index (χ2n) is 13.9. The van der Waals surface area contributed by atoms with Crippen molar-refractivity contribution in [1.82, 2.24) is 6.15 Å². The SMILES string of the molecule is CCCCCCCCCCC(C(C)OC(=O)Oc1ccc(S(=O)(=O)O)cc1)C(Cl)(C(C)OC(=O)Oc1ccc(S(=O)(=O)O)cc1)C(C)OC(=O)Oc1ccc(S(=O)(=O)O)cc1.N.[NaH].[NaH].[NaH]. The zero-order valence-electron chi connectivity index (χ0n) is 34.4. The molecular formula is C39H55ClNNa3O18S3. The summed E-state index contributed by atoms with van der Waals surface area (Å²) in [6, 6.07) is 12.4. The Hall–Kier alpha value is -1.55. The summed E-state index contributed by atoms with van der Waals surface area (Å²) in [4.78, 5) is 36.1. The Labute approximate surface area is 451 Å². The van der Waals surface area contributed by atoms with Crippen molar-refractivity contribution in [3.8, 4) is 17.2 Å². The molecule has 0 saturated heterocycles. The van der Waals surface area contributed by atoms with Crippen LogP contribution in [0.4, 0.5) is 14.4 Å². The third-order valence-corrected chi connectivity index (χ3v) is 13.0. The van der Waals surface area contributed by atoms with E-state index in [1.807, 2.05) is 0 Å². The quantitative estimate of drug-likeness (QED) is 0.0152. The number of unbranched alkanes of at least 4 members (excludes halogenated alkanes) is 7. The van der Waals surface area contributed by atoms with Crippen LogP contribution in [0.15, 0.2) is 87.5 Å². The molecule has 0 spiro atoms. The van der Waals surface area contributed by atoms with Gasteiger partial charge in [-0.1, -0.05) is 58.3 Å². The van der Waals surface area contributed by atoms with Crippen LogP contribution in [0.2, 0.25) is 0 Å². The summed E-state index contributed by atoms with van der Waals surface area (Å²) >= 11 is 7.47. The average Bonchev–Trinajstić information content (AvgIpc) is 3.16. The Bertz CT molecular complexity index is 2180. The zero-order chi connectivity index (χ0) is 45.6. The van der Waals surface area contributed by atoms with Crippen LogP contribution in [0.1, 0.15) is 85.5 Å². The first kappa shape index (κ1) is 65.5. The summed E-state index contributed by atoms with van der Waals surface area (Å²) in [7, 11) is -13.6. The van der Waals surface area contributed by atoms with Crippen LogP contribution >= 0.6 is 11.6 Å². The number of rotatable bonds is 22. The van der Waals surface area contributed by atoms with Crippen LogP contribution in [0.3, 0.4) is 0 Å². The van der Waals surface area contributed by atoms with E-state index in [1.165, 1.54) is 20.8 Å². The van der Waals surface area contributed by atoms with Gasteiger partial charge in [0.1, 0.15) is 40.4 Å². The van der Waals surface area contributed by atoms with Crippen LogP contribution in [-0.2, 0) is 44.6 Å². The van der Waals surface area contributed by atoms with E-state index in [0.29, 0.717) is 12.8 Å². The molecule has 0 aliphatic heterocycles. The Kier molecular flexibility index (Phi) is 30.4. The monoisotopic (exact) mass is 1030 g/mol. The van der Waals surface area contributed by atoms with Gasteiger partial charge in [0, 0.05) is 5.92 Å². The summed E-state index contributed by atoms with van der Waals surface area (Å²) in [6.45, 7) is 6.30. The summed E-state index contributed by atoms with van der Waals surface area (Å²) in [6.07, 6.45) is -0.471. The first-order valence-electron chi connectivity index (χ1n) is 19.0. The van der Waals surface area contributed by atoms with Gasteiger partial charge >= 0.3 is 107 Å². The fourth-order valence-electron chi connectivity index (χ4n) is 6.35. The number of benzene rings is 3. The van der Waals surface area contributed by atoms with Crippen LogP contribution in [0, 0.1) is 5.92 Å². The van der Waals surface area contributed by atoms with Crippen molar-refractivity contribution in [3.63, 3.8) is 0 Å². The summed E-state index contributed by atoms with van der Waals surface area (Å²) in [5.74, 6) is -1.53. The maximum atomic E-state index is 13.2. The molecule has 0 bridgehead atoms. The van der Waals surface area contributed by atoms with E-state index in [0.717, 1.165) is 111 Å². The van der Waals surface area contributed by atoms with Gasteiger partial charge in [-0.3, -0.25) is 13.7 Å². The van der Waals surface area contributed by atoms with E-state index in [2.05, 4.69) is 6.92 Å². The molecule has 3 aromatic rings. The van der Waals surface area contributed by atoms with Crippen molar-refractivity contribution >= 4 is 149 Å². The third-order valence-electron chi connectivity index (χ3n) is 9.55. The van der Waals surface area contributed by atoms with E-state index < -0.39 is 92.6 Å². The summed E-state index contributed by atoms with van der Waals surface area (Å²) in [5.41, 5.74) is 0. The molecule has 0 heterocycles. The number of carbonyl (C=O) groups excluding carboxylic acids is 3. The summed E-state index contributed by atoms with van der Waals surface area (Å²) < 4.78 is 129. The molecule has 0 saturated carbocycles. The second-order valence-corrected chi connectivity index (χ2v) is 18.9. The molecule has 6 N–H and O–H groups in total. The third kappa shape index (κ3) is 21.7. The topological polar surface area (TPSA) is 305 Å². The van der Waals surface area contributed by atoms with Crippen molar-refractivity contribution in [3.05, 3.63) is 72.8 Å². The van der Waals surface area contributed by atoms with Crippen LogP contribution in [-0.4, -0.2) is 169 Å². The minimum absolute atomic E-state index is 0. The molecule has 0 fully saturated rings. The fourth-order valence-corrected chi connectivity index (χ4v) is 8.17. The van der Waals surface area contributed by atoms with Gasteiger partial charge in [-0.15, -0.1) is 11.6 Å². The number of alkyl halides is 1. The number of hydrogen-bond donors (Lipinski definition) is 4. The molecular weight excluding hydrogens is 971 g/mol. The second kappa shape index (κ2) is 30.1. The van der Waals surface area contributed by atoms with Crippen molar-refractivity contribution in [2.45, 2.75) is 123 Å². The molecule has 4 unspecified atom stereocenters. The van der Waals surface area contributed by atoms with Gasteiger partial charge in [0.25, 0.3) is 30.4 Å². The van der Waals surface area contributed by atoms with Crippen molar-refractivity contribution in [1.29, 1.82) is 0 Å². The van der Waals surface area contributed by atoms with Gasteiger partial charge in [0.15, 0.2) is 0 Å². The standard InChI is InChI=1S/C39H49ClO18S3.H3N.3Na.3H/c1-5-6-7-8-9-10-11-12-13-35(26(2)53-36(41)56-29-14-20-32(21-15-29)59(44,45)46)39(40,27(3)54-37(42)57-30-16-22-33(23-17-30)60(47,48)49)28(4)55-38(43)58-31-18-24-34(25-19-31)61(50,51)52;;;;;;;/h14-28,35H,5-13H2,1-4H3,(H,44,45,46)(H,47,48,49)(H,50,51,52);1H3;;;;;;. The molecule has 4 atom stereocenters. The van der Waals surface area contributed by atoms with Gasteiger partial charge in [-0.2, -0.15) is 25.3 Å². The van der Waals surface area contributed by atoms with Crippen LogP contribution in [0.25, 0.3) is 0 Å². The Morgan fingerprint density at radius 2 is 0.800 bits per heavy atom. The van der Waals surface area contributed by atoms with Crippen molar-refractivity contribution in [2.24, 2.45) is 5.92 Å². The molecule has 19 nitrogen and oxygen atoms in total. The predicted octanol–water partition coefficient (Wildman–Crippen LogP) is 6.88. The Morgan fingerprint density at radius 3 is 1.09 bits per heavy atom. The van der Waals surface area contributed by atoms with Crippen LogP contribution < -0.4 is 20.4 Å². The van der Waals surface area contributed by atoms with E-state index >= 15 is 0 Å². The van der Waals surface area contributed by atoms with E-state index in [9.17, 15) is 53.3 Å². The molecule has 0 aliphatic rings. The number of carbonyl (C=O) groups is 3. The van der Waals surface area contributed by atoms with Crippen molar-refractivity contribution in [2.75, 3.05) is 0 Å². The van der Waals surface area contributed by atoms with E-state index in [4.69, 9.17) is 40.0 Å². The van der Waals surface area contributed by atoms with Gasteiger partial charge in [0.05, 0.1) is 14.7 Å². The first-order chi connectivity index (χ1) is 28.4. The van der Waals surface area contributed by atoms with Gasteiger partial charge < -0.3 is 34.6 Å². The minimum atomic E-state index is -4.55. The first-order valence-corrected chi connectivity index (χ1v) is 23.7. The van der Waals surface area contributed by atoms with Crippen molar-refractivity contribution < 1.29 is 81.7 Å². The van der Waals surface area contributed by atoms with Crippen LogP contribution in [0.5, 0.6) is 17.2 Å². The number of ether oxygens (including phenoxy) is 6. The molecule has 0 radical (unpaired) electrons. The predicted molar refractivity (Wildman–Crippen MR) is 244 cm³/mol. The molecule has 3 aromatic carbocycles. The molecule has 352 valence electrons. The number of hydrogen-bond acceptors (Lipinski definition) is 16. The molecule has 0 amide bonds. The molecule has 3 rings (SSSR count).